The first-order chi connectivity index (χ1) is 12.6. The van der Waals surface area contributed by atoms with Crippen molar-refractivity contribution in [2.45, 2.75) is 11.6 Å². The highest BCUT2D eigenvalue weighted by Gasteiger charge is 2.18. The summed E-state index contributed by atoms with van der Waals surface area (Å²) in [4.78, 5) is 30.1. The summed E-state index contributed by atoms with van der Waals surface area (Å²) in [5, 5.41) is 0.780. The smallest absolute Gasteiger partial charge is 0.237 e. The van der Waals surface area contributed by atoms with Crippen molar-refractivity contribution in [3.8, 4) is 0 Å². The molecule has 0 spiro atoms. The van der Waals surface area contributed by atoms with E-state index in [9.17, 15) is 9.59 Å². The zero-order valence-electron chi connectivity index (χ0n) is 14.5. The van der Waals surface area contributed by atoms with Gasteiger partial charge in [-0.1, -0.05) is 42.1 Å². The van der Waals surface area contributed by atoms with Gasteiger partial charge in [-0.15, -0.1) is 0 Å². The number of para-hydroxylation sites is 3. The van der Waals surface area contributed by atoms with E-state index >= 15 is 0 Å². The number of rotatable bonds is 7. The Kier molecular flexibility index (Phi) is 5.58. The van der Waals surface area contributed by atoms with Gasteiger partial charge in [0.25, 0.3) is 0 Å². The number of nitrogens with zero attached hydrogens (tertiary/aromatic N) is 3. The van der Waals surface area contributed by atoms with Gasteiger partial charge < -0.3 is 15.2 Å². The summed E-state index contributed by atoms with van der Waals surface area (Å²) in [5.74, 6) is -0.290. The van der Waals surface area contributed by atoms with Gasteiger partial charge in [-0.05, 0) is 24.3 Å². The Hall–Kier alpha value is -2.80. The van der Waals surface area contributed by atoms with E-state index in [4.69, 9.17) is 5.73 Å². The van der Waals surface area contributed by atoms with Gasteiger partial charge in [0.15, 0.2) is 5.16 Å². The summed E-state index contributed by atoms with van der Waals surface area (Å²) >= 11 is 1.38. The highest BCUT2D eigenvalue weighted by Crippen LogP contribution is 2.24. The molecule has 2 aromatic carbocycles. The second kappa shape index (κ2) is 8.05. The van der Waals surface area contributed by atoms with Crippen molar-refractivity contribution in [3.05, 3.63) is 54.6 Å². The molecule has 7 heteroatoms. The molecule has 1 heterocycles. The molecule has 1 aromatic heterocycles. The quantitative estimate of drug-likeness (QED) is 0.650. The van der Waals surface area contributed by atoms with Crippen LogP contribution in [-0.2, 0) is 16.6 Å². The monoisotopic (exact) mass is 368 g/mol. The van der Waals surface area contributed by atoms with E-state index in [2.05, 4.69) is 4.98 Å². The van der Waals surface area contributed by atoms with Crippen LogP contribution in [-0.4, -0.2) is 33.7 Å². The number of aryl methyl sites for hydroxylation is 1. The molecule has 0 bridgehead atoms. The molecule has 2 N–H and O–H groups in total. The fourth-order valence-corrected chi connectivity index (χ4v) is 3.55. The Bertz CT molecular complexity index is 924. The van der Waals surface area contributed by atoms with Crippen LogP contribution in [0.1, 0.15) is 6.42 Å². The predicted octanol–water partition coefficient (Wildman–Crippen LogP) is 2.57. The van der Waals surface area contributed by atoms with E-state index in [1.54, 1.807) is 4.90 Å². The number of carbonyl (C=O) groups excluding carboxylic acids is 2. The number of amides is 2. The molecule has 134 valence electrons. The van der Waals surface area contributed by atoms with Crippen molar-refractivity contribution >= 4 is 40.3 Å². The molecule has 0 saturated heterocycles. The van der Waals surface area contributed by atoms with Gasteiger partial charge >= 0.3 is 0 Å². The lowest BCUT2D eigenvalue weighted by molar-refractivity contribution is -0.118. The molecule has 0 aliphatic heterocycles. The fraction of sp³-hybridized carbons (Fsp3) is 0.211. The maximum atomic E-state index is 12.8. The number of benzene rings is 2. The molecule has 0 aliphatic carbocycles. The van der Waals surface area contributed by atoms with Gasteiger partial charge in [0, 0.05) is 25.7 Å². The second-order valence-corrected chi connectivity index (χ2v) is 6.77. The van der Waals surface area contributed by atoms with Gasteiger partial charge in [0.1, 0.15) is 0 Å². The number of fused-ring (bicyclic) bond motifs is 1. The number of thioether (sulfide) groups is 1. The van der Waals surface area contributed by atoms with Gasteiger partial charge in [-0.2, -0.15) is 0 Å². The van der Waals surface area contributed by atoms with Crippen LogP contribution in [0.3, 0.4) is 0 Å². The standard InChI is InChI=1S/C19H20N4O2S/c1-22-16-10-6-5-9-15(16)21-19(22)26-13-18(25)23(12-11-17(20)24)14-7-3-2-4-8-14/h2-10H,11-13H2,1H3,(H2,20,24). The lowest BCUT2D eigenvalue weighted by atomic mass is 10.2. The number of nitrogens with two attached hydrogens (primary N) is 1. The fourth-order valence-electron chi connectivity index (χ4n) is 2.68. The van der Waals surface area contributed by atoms with Crippen LogP contribution in [0.25, 0.3) is 11.0 Å². The van der Waals surface area contributed by atoms with Crippen molar-refractivity contribution in [2.75, 3.05) is 17.2 Å². The van der Waals surface area contributed by atoms with Gasteiger partial charge in [0.2, 0.25) is 11.8 Å². The molecule has 0 fully saturated rings. The van der Waals surface area contributed by atoms with Crippen LogP contribution >= 0.6 is 11.8 Å². The van der Waals surface area contributed by atoms with Gasteiger partial charge in [-0.3, -0.25) is 9.59 Å². The number of hydrogen-bond acceptors (Lipinski definition) is 4. The Morgan fingerprint density at radius 2 is 1.81 bits per heavy atom. The van der Waals surface area contributed by atoms with E-state index in [1.165, 1.54) is 11.8 Å². The summed E-state index contributed by atoms with van der Waals surface area (Å²) in [6, 6.07) is 17.1. The molecular weight excluding hydrogens is 348 g/mol. The van der Waals surface area contributed by atoms with Crippen LogP contribution in [0.5, 0.6) is 0 Å². The number of carbonyl (C=O) groups is 2. The lowest BCUT2D eigenvalue weighted by Gasteiger charge is -2.22. The van der Waals surface area contributed by atoms with Gasteiger partial charge in [-0.25, -0.2) is 4.98 Å². The minimum absolute atomic E-state index is 0.0884. The zero-order valence-corrected chi connectivity index (χ0v) is 15.3. The highest BCUT2D eigenvalue weighted by atomic mass is 32.2. The molecule has 0 aliphatic rings. The van der Waals surface area contributed by atoms with Crippen LogP contribution in [0.2, 0.25) is 0 Å². The average Bonchev–Trinajstić information content (AvgIpc) is 2.97. The third-order valence-electron chi connectivity index (χ3n) is 4.02. The minimum atomic E-state index is -0.429. The van der Waals surface area contributed by atoms with E-state index in [-0.39, 0.29) is 24.6 Å². The molecule has 0 unspecified atom stereocenters. The topological polar surface area (TPSA) is 81.2 Å². The normalized spacial score (nSPS) is 10.8. The zero-order chi connectivity index (χ0) is 18.5. The number of aromatic nitrogens is 2. The number of imidazole rings is 1. The molecule has 3 rings (SSSR count). The summed E-state index contributed by atoms with van der Waals surface area (Å²) < 4.78 is 1.98. The minimum Gasteiger partial charge on any atom is -0.370 e. The molecule has 0 saturated carbocycles. The maximum Gasteiger partial charge on any atom is 0.237 e. The third kappa shape index (κ3) is 4.05. The molecule has 3 aromatic rings. The highest BCUT2D eigenvalue weighted by molar-refractivity contribution is 7.99. The second-order valence-electron chi connectivity index (χ2n) is 5.83. The first kappa shape index (κ1) is 18.0. The first-order valence-corrected chi connectivity index (χ1v) is 9.23. The molecule has 0 atom stereocenters. The van der Waals surface area contributed by atoms with Crippen LogP contribution in [0.4, 0.5) is 5.69 Å². The molecule has 0 radical (unpaired) electrons. The van der Waals surface area contributed by atoms with Gasteiger partial charge in [0.05, 0.1) is 16.8 Å². The maximum absolute atomic E-state index is 12.8. The molecule has 2 amide bonds. The first-order valence-electron chi connectivity index (χ1n) is 8.24. The van der Waals surface area contributed by atoms with Crippen molar-refractivity contribution in [3.63, 3.8) is 0 Å². The molecule has 6 nitrogen and oxygen atoms in total. The van der Waals surface area contributed by atoms with E-state index in [0.717, 1.165) is 21.9 Å². The van der Waals surface area contributed by atoms with Crippen LogP contribution in [0.15, 0.2) is 59.8 Å². The average molecular weight is 368 g/mol. The molecule has 26 heavy (non-hydrogen) atoms. The number of hydrogen-bond donors (Lipinski definition) is 1. The summed E-state index contributed by atoms with van der Waals surface area (Å²) in [6.07, 6.45) is 0.123. The van der Waals surface area contributed by atoms with Crippen molar-refractivity contribution in [1.82, 2.24) is 9.55 Å². The van der Waals surface area contributed by atoms with Crippen LogP contribution in [0, 0.1) is 0 Å². The Balaban J connectivity index is 1.74. The SMILES string of the molecule is Cn1c(SCC(=O)N(CCC(N)=O)c2ccccc2)nc2ccccc21. The Morgan fingerprint density at radius 3 is 2.50 bits per heavy atom. The largest absolute Gasteiger partial charge is 0.370 e. The number of primary amides is 1. The lowest BCUT2D eigenvalue weighted by Crippen LogP contribution is -2.35. The summed E-state index contributed by atoms with van der Waals surface area (Å²) in [5.41, 5.74) is 7.93. The Labute approximate surface area is 156 Å². The van der Waals surface area contributed by atoms with Crippen molar-refractivity contribution in [1.29, 1.82) is 0 Å². The van der Waals surface area contributed by atoms with E-state index in [0.29, 0.717) is 0 Å². The third-order valence-corrected chi connectivity index (χ3v) is 5.04. The molecular formula is C19H20N4O2S. The van der Waals surface area contributed by atoms with E-state index < -0.39 is 5.91 Å². The Morgan fingerprint density at radius 1 is 1.12 bits per heavy atom. The van der Waals surface area contributed by atoms with Crippen LogP contribution < -0.4 is 10.6 Å². The summed E-state index contributed by atoms with van der Waals surface area (Å²) in [6.45, 7) is 0.265. The summed E-state index contributed by atoms with van der Waals surface area (Å²) in [7, 11) is 1.93. The number of anilines is 1. The van der Waals surface area contributed by atoms with Crippen molar-refractivity contribution < 1.29 is 9.59 Å². The van der Waals surface area contributed by atoms with Crippen molar-refractivity contribution in [2.24, 2.45) is 12.8 Å². The van der Waals surface area contributed by atoms with E-state index in [1.807, 2.05) is 66.2 Å². The predicted molar refractivity (Wildman–Crippen MR) is 104 cm³/mol.